The SMILES string of the molecule is C=C[C@H](CNC(=O)c1cc(OC)c2nn(C3CC3)cc2c1)c1cc2c(c(-c3cccc(Cl)c3C)n1)OC[C@]2(C)C(N)=O. The number of methoxy groups -OCH3 is 1. The zero-order valence-electron chi connectivity index (χ0n) is 23.7. The van der Waals surface area contributed by atoms with E-state index in [1.165, 1.54) is 0 Å². The molecule has 3 heterocycles. The molecular weight excluding hydrogens is 554 g/mol. The Bertz CT molecular complexity index is 1760. The summed E-state index contributed by atoms with van der Waals surface area (Å²) in [5.41, 5.74) is 9.45. The van der Waals surface area contributed by atoms with Crippen LogP contribution in [-0.4, -0.2) is 46.8 Å². The fourth-order valence-electron chi connectivity index (χ4n) is 5.39. The van der Waals surface area contributed by atoms with Gasteiger partial charge in [-0.2, -0.15) is 5.10 Å². The Labute approximate surface area is 248 Å². The monoisotopic (exact) mass is 585 g/mol. The highest BCUT2D eigenvalue weighted by Gasteiger charge is 2.44. The van der Waals surface area contributed by atoms with Gasteiger partial charge in [-0.15, -0.1) is 6.58 Å². The van der Waals surface area contributed by atoms with E-state index in [4.69, 9.17) is 31.8 Å². The average molecular weight is 586 g/mol. The van der Waals surface area contributed by atoms with Crippen molar-refractivity contribution in [2.24, 2.45) is 5.73 Å². The molecule has 0 saturated heterocycles. The Morgan fingerprint density at radius 1 is 1.33 bits per heavy atom. The van der Waals surface area contributed by atoms with Crippen LogP contribution in [0.3, 0.4) is 0 Å². The van der Waals surface area contributed by atoms with Crippen LogP contribution in [0.1, 0.15) is 58.9 Å². The number of fused-ring (bicyclic) bond motifs is 2. The van der Waals surface area contributed by atoms with E-state index in [2.05, 4.69) is 17.0 Å². The maximum absolute atomic E-state index is 13.4. The van der Waals surface area contributed by atoms with E-state index < -0.39 is 11.3 Å². The first-order chi connectivity index (χ1) is 20.1. The van der Waals surface area contributed by atoms with Crippen molar-refractivity contribution in [1.29, 1.82) is 0 Å². The predicted octanol–water partition coefficient (Wildman–Crippen LogP) is 5.24. The first-order valence-electron chi connectivity index (χ1n) is 13.9. The molecular formula is C32H32ClN5O4. The highest BCUT2D eigenvalue weighted by Crippen LogP contribution is 2.46. The minimum atomic E-state index is -1.04. The van der Waals surface area contributed by atoms with E-state index in [0.717, 1.165) is 34.9 Å². The normalized spacial score (nSPS) is 18.3. The molecule has 2 amide bonds. The Hall–Kier alpha value is -4.37. The molecule has 1 saturated carbocycles. The first-order valence-corrected chi connectivity index (χ1v) is 14.2. The van der Waals surface area contributed by atoms with Crippen LogP contribution in [0.25, 0.3) is 22.2 Å². The predicted molar refractivity (Wildman–Crippen MR) is 161 cm³/mol. The van der Waals surface area contributed by atoms with Crippen LogP contribution in [0, 0.1) is 6.92 Å². The molecule has 6 rings (SSSR count). The molecule has 3 N–H and O–H groups in total. The number of carbonyl (C=O) groups excluding carboxylic acids is 2. The second-order valence-corrected chi connectivity index (χ2v) is 11.6. The molecule has 10 heteroatoms. The second kappa shape index (κ2) is 10.5. The first kappa shape index (κ1) is 27.8. The van der Waals surface area contributed by atoms with Crippen LogP contribution < -0.4 is 20.5 Å². The number of ether oxygens (including phenoxy) is 2. The molecule has 2 aromatic carbocycles. The number of primary amides is 1. The smallest absolute Gasteiger partial charge is 0.251 e. The molecule has 0 bridgehead atoms. The molecule has 216 valence electrons. The molecule has 4 aromatic rings. The summed E-state index contributed by atoms with van der Waals surface area (Å²) in [6.45, 7) is 8.01. The summed E-state index contributed by atoms with van der Waals surface area (Å²) in [5.74, 6) is -0.0867. The third-order valence-corrected chi connectivity index (χ3v) is 8.71. The van der Waals surface area contributed by atoms with Crippen LogP contribution >= 0.6 is 11.6 Å². The number of nitrogens with two attached hydrogens (primary N) is 1. The van der Waals surface area contributed by atoms with Crippen molar-refractivity contribution in [1.82, 2.24) is 20.1 Å². The van der Waals surface area contributed by atoms with Crippen molar-refractivity contribution in [3.63, 3.8) is 0 Å². The number of halogens is 1. The summed E-state index contributed by atoms with van der Waals surface area (Å²) in [4.78, 5) is 30.9. The van der Waals surface area contributed by atoms with Gasteiger partial charge in [-0.05, 0) is 56.5 Å². The third kappa shape index (κ3) is 4.67. The molecule has 42 heavy (non-hydrogen) atoms. The zero-order valence-corrected chi connectivity index (χ0v) is 24.5. The molecule has 0 unspecified atom stereocenters. The average Bonchev–Trinajstić information content (AvgIpc) is 3.65. The molecule has 1 aliphatic carbocycles. The van der Waals surface area contributed by atoms with E-state index in [1.54, 1.807) is 26.2 Å². The van der Waals surface area contributed by atoms with Crippen molar-refractivity contribution in [3.8, 4) is 22.8 Å². The van der Waals surface area contributed by atoms with Gasteiger partial charge in [0.1, 0.15) is 34.7 Å². The Kier molecular flexibility index (Phi) is 6.93. The van der Waals surface area contributed by atoms with E-state index in [-0.39, 0.29) is 25.0 Å². The lowest BCUT2D eigenvalue weighted by molar-refractivity contribution is -0.123. The number of nitrogens with one attached hydrogen (secondary N) is 1. The topological polar surface area (TPSA) is 121 Å². The largest absolute Gasteiger partial charge is 0.494 e. The van der Waals surface area contributed by atoms with Crippen LogP contribution in [0.15, 0.2) is 55.3 Å². The van der Waals surface area contributed by atoms with Gasteiger partial charge in [0.2, 0.25) is 5.91 Å². The summed E-state index contributed by atoms with van der Waals surface area (Å²) in [6.07, 6.45) is 5.90. The molecule has 0 radical (unpaired) electrons. The maximum atomic E-state index is 13.4. The number of benzene rings is 2. The standard InChI is InChI=1S/C32H32ClN5O4/c1-5-18(14-35-30(39)19-11-20-15-38(21-9-10-21)37-27(20)26(12-19)41-4)25-13-23-29(42-16-32(23,3)31(34)40)28(36-25)22-7-6-8-24(33)17(22)2/h5-8,11-13,15,18,21H,1,9-10,14,16H2,2-4H3,(H2,34,40)(H,35,39)/t18-,32+/m1/s1. The summed E-state index contributed by atoms with van der Waals surface area (Å²) in [7, 11) is 1.57. The fourth-order valence-corrected chi connectivity index (χ4v) is 5.57. The van der Waals surface area contributed by atoms with Crippen LogP contribution in [0.4, 0.5) is 0 Å². The molecule has 9 nitrogen and oxygen atoms in total. The molecule has 1 aliphatic heterocycles. The Balaban J connectivity index is 1.33. The lowest BCUT2D eigenvalue weighted by Gasteiger charge is -2.21. The van der Waals surface area contributed by atoms with Crippen LogP contribution in [-0.2, 0) is 10.2 Å². The van der Waals surface area contributed by atoms with Gasteiger partial charge in [0, 0.05) is 45.8 Å². The number of hydrogen-bond acceptors (Lipinski definition) is 6. The number of pyridine rings is 1. The second-order valence-electron chi connectivity index (χ2n) is 11.2. The minimum absolute atomic E-state index is 0.104. The van der Waals surface area contributed by atoms with Crippen molar-refractivity contribution >= 4 is 34.3 Å². The molecule has 0 spiro atoms. The number of hydrogen-bond donors (Lipinski definition) is 2. The Morgan fingerprint density at radius 2 is 2.12 bits per heavy atom. The van der Waals surface area contributed by atoms with E-state index >= 15 is 0 Å². The summed E-state index contributed by atoms with van der Waals surface area (Å²) < 4.78 is 13.5. The van der Waals surface area contributed by atoms with Gasteiger partial charge < -0.3 is 20.5 Å². The lowest BCUT2D eigenvalue weighted by Crippen LogP contribution is -2.39. The molecule has 2 aromatic heterocycles. The molecule has 2 aliphatic rings. The Morgan fingerprint density at radius 3 is 2.81 bits per heavy atom. The van der Waals surface area contributed by atoms with Gasteiger partial charge in [-0.3, -0.25) is 14.3 Å². The lowest BCUT2D eigenvalue weighted by atomic mass is 9.82. The molecule has 1 fully saturated rings. The quantitative estimate of drug-likeness (QED) is 0.259. The number of amides is 2. The van der Waals surface area contributed by atoms with E-state index in [1.807, 2.05) is 48.1 Å². The van der Waals surface area contributed by atoms with Crippen molar-refractivity contribution < 1.29 is 19.1 Å². The van der Waals surface area contributed by atoms with Crippen LogP contribution in [0.5, 0.6) is 11.5 Å². The van der Waals surface area contributed by atoms with Gasteiger partial charge in [-0.1, -0.05) is 29.8 Å². The number of nitrogens with zero attached hydrogens (tertiary/aromatic N) is 3. The van der Waals surface area contributed by atoms with Gasteiger partial charge in [0.15, 0.2) is 0 Å². The van der Waals surface area contributed by atoms with Crippen molar-refractivity contribution in [3.05, 3.63) is 82.7 Å². The highest BCUT2D eigenvalue weighted by molar-refractivity contribution is 6.31. The maximum Gasteiger partial charge on any atom is 0.251 e. The number of rotatable bonds is 9. The van der Waals surface area contributed by atoms with Gasteiger partial charge >= 0.3 is 0 Å². The number of aromatic nitrogens is 3. The van der Waals surface area contributed by atoms with Gasteiger partial charge in [-0.25, -0.2) is 4.98 Å². The summed E-state index contributed by atoms with van der Waals surface area (Å²) >= 11 is 6.45. The minimum Gasteiger partial charge on any atom is -0.494 e. The zero-order chi connectivity index (χ0) is 29.8. The van der Waals surface area contributed by atoms with Crippen LogP contribution in [0.2, 0.25) is 5.02 Å². The summed E-state index contributed by atoms with van der Waals surface area (Å²) in [6, 6.07) is 11.3. The van der Waals surface area contributed by atoms with E-state index in [0.29, 0.717) is 45.1 Å². The fraction of sp³-hybridized carbons (Fsp3) is 0.312. The third-order valence-electron chi connectivity index (χ3n) is 8.30. The van der Waals surface area contributed by atoms with Crippen molar-refractivity contribution in [2.75, 3.05) is 20.3 Å². The summed E-state index contributed by atoms with van der Waals surface area (Å²) in [5, 5.41) is 9.11. The molecule has 2 atom stereocenters. The highest BCUT2D eigenvalue weighted by atomic mass is 35.5. The van der Waals surface area contributed by atoms with Crippen molar-refractivity contribution in [2.45, 2.75) is 44.1 Å². The van der Waals surface area contributed by atoms with Gasteiger partial charge in [0.05, 0.1) is 18.8 Å². The number of carbonyl (C=O) groups is 2. The van der Waals surface area contributed by atoms with Gasteiger partial charge in [0.25, 0.3) is 5.91 Å². The van der Waals surface area contributed by atoms with E-state index in [9.17, 15) is 9.59 Å².